The molecule has 0 atom stereocenters. The van der Waals surface area contributed by atoms with Crippen LogP contribution in [-0.2, 0) is 6.42 Å². The van der Waals surface area contributed by atoms with Crippen LogP contribution in [0, 0.1) is 6.92 Å². The summed E-state index contributed by atoms with van der Waals surface area (Å²) >= 11 is 0. The van der Waals surface area contributed by atoms with E-state index in [0.29, 0.717) is 5.82 Å². The molecule has 0 radical (unpaired) electrons. The predicted molar refractivity (Wildman–Crippen MR) is 63.8 cm³/mol. The molecule has 2 aromatic rings. The number of aryl methyl sites for hydroxylation is 2. The Labute approximate surface area is 94.6 Å². The number of nitrogen functional groups attached to an aromatic ring is 1. The molecule has 0 saturated carbocycles. The van der Waals surface area contributed by atoms with Crippen molar-refractivity contribution in [2.24, 2.45) is 0 Å². The number of benzene rings is 1. The monoisotopic (exact) mass is 214 g/mol. The molecule has 16 heavy (non-hydrogen) atoms. The molecule has 0 amide bonds. The molecule has 1 aromatic carbocycles. The van der Waals surface area contributed by atoms with Crippen molar-refractivity contribution >= 4 is 5.95 Å². The topological polar surface area (TPSA) is 64.7 Å². The number of nitrogens with zero attached hydrogens (tertiary/aromatic N) is 3. The van der Waals surface area contributed by atoms with Gasteiger partial charge in [0.25, 0.3) is 0 Å². The minimum Gasteiger partial charge on any atom is -0.368 e. The largest absolute Gasteiger partial charge is 0.368 e. The average Bonchev–Trinajstić information content (AvgIpc) is 2.29. The Morgan fingerprint density at radius 3 is 2.38 bits per heavy atom. The zero-order valence-corrected chi connectivity index (χ0v) is 9.44. The first-order valence-electron chi connectivity index (χ1n) is 5.26. The third kappa shape index (κ3) is 2.16. The number of hydrogen-bond donors (Lipinski definition) is 1. The molecule has 0 spiro atoms. The number of hydrogen-bond acceptors (Lipinski definition) is 4. The van der Waals surface area contributed by atoms with Crippen LogP contribution in [0.1, 0.15) is 18.3 Å². The fourth-order valence-electron chi connectivity index (χ4n) is 1.43. The van der Waals surface area contributed by atoms with Gasteiger partial charge in [0.1, 0.15) is 5.82 Å². The first kappa shape index (κ1) is 10.5. The second-order valence-corrected chi connectivity index (χ2v) is 3.65. The van der Waals surface area contributed by atoms with Crippen LogP contribution in [0.2, 0.25) is 0 Å². The van der Waals surface area contributed by atoms with Gasteiger partial charge in [-0.25, -0.2) is 4.98 Å². The second kappa shape index (κ2) is 4.26. The molecule has 0 fully saturated rings. The van der Waals surface area contributed by atoms with Crippen molar-refractivity contribution in [3.63, 3.8) is 0 Å². The lowest BCUT2D eigenvalue weighted by Gasteiger charge is -2.03. The van der Waals surface area contributed by atoms with Crippen molar-refractivity contribution in [3.05, 3.63) is 35.7 Å². The van der Waals surface area contributed by atoms with Crippen LogP contribution in [-0.4, -0.2) is 15.0 Å². The van der Waals surface area contributed by atoms with Crippen LogP contribution in [0.15, 0.2) is 24.3 Å². The van der Waals surface area contributed by atoms with Crippen LogP contribution in [0.3, 0.4) is 0 Å². The maximum absolute atomic E-state index is 5.64. The summed E-state index contributed by atoms with van der Waals surface area (Å²) in [6.45, 7) is 4.04. The summed E-state index contributed by atoms with van der Waals surface area (Å²) in [5.74, 6) is 1.65. The zero-order valence-electron chi connectivity index (χ0n) is 9.44. The van der Waals surface area contributed by atoms with Crippen LogP contribution in [0.5, 0.6) is 0 Å². The highest BCUT2D eigenvalue weighted by molar-refractivity contribution is 5.56. The van der Waals surface area contributed by atoms with E-state index in [2.05, 4.69) is 15.0 Å². The molecule has 0 aliphatic heterocycles. The average molecular weight is 214 g/mol. The zero-order chi connectivity index (χ0) is 11.5. The summed E-state index contributed by atoms with van der Waals surface area (Å²) in [6, 6.07) is 8.04. The fraction of sp³-hybridized carbons (Fsp3) is 0.250. The molecule has 4 heteroatoms. The fourth-order valence-corrected chi connectivity index (χ4v) is 1.43. The molecular formula is C12H14N4. The molecular weight excluding hydrogens is 200 g/mol. The Kier molecular flexibility index (Phi) is 2.81. The van der Waals surface area contributed by atoms with Crippen molar-refractivity contribution in [2.45, 2.75) is 20.3 Å². The van der Waals surface area contributed by atoms with Gasteiger partial charge in [0, 0.05) is 12.0 Å². The molecule has 0 aliphatic carbocycles. The Bertz CT molecular complexity index is 491. The van der Waals surface area contributed by atoms with Gasteiger partial charge in [-0.3, -0.25) is 0 Å². The summed E-state index contributed by atoms with van der Waals surface area (Å²) in [6.07, 6.45) is 0.756. The normalized spacial score (nSPS) is 10.4. The molecule has 0 unspecified atom stereocenters. The lowest BCUT2D eigenvalue weighted by Crippen LogP contribution is -2.04. The van der Waals surface area contributed by atoms with E-state index in [0.717, 1.165) is 17.8 Å². The van der Waals surface area contributed by atoms with E-state index in [1.807, 2.05) is 38.1 Å². The minimum atomic E-state index is 0.280. The van der Waals surface area contributed by atoms with Crippen LogP contribution in [0.25, 0.3) is 11.4 Å². The molecule has 1 heterocycles. The Balaban J connectivity index is 2.47. The van der Waals surface area contributed by atoms with E-state index in [1.54, 1.807) is 0 Å². The van der Waals surface area contributed by atoms with Gasteiger partial charge < -0.3 is 5.73 Å². The van der Waals surface area contributed by atoms with Crippen LogP contribution in [0.4, 0.5) is 5.95 Å². The number of anilines is 1. The van der Waals surface area contributed by atoms with Crippen LogP contribution < -0.4 is 5.73 Å². The summed E-state index contributed by atoms with van der Waals surface area (Å²) in [7, 11) is 0. The van der Waals surface area contributed by atoms with E-state index in [1.165, 1.54) is 5.56 Å². The summed E-state index contributed by atoms with van der Waals surface area (Å²) in [5, 5.41) is 0. The molecule has 2 rings (SSSR count). The lowest BCUT2D eigenvalue weighted by atomic mass is 10.1. The number of rotatable bonds is 2. The highest BCUT2D eigenvalue weighted by Gasteiger charge is 2.05. The van der Waals surface area contributed by atoms with Gasteiger partial charge in [-0.2, -0.15) is 9.97 Å². The molecule has 0 bridgehead atoms. The number of aromatic nitrogens is 3. The van der Waals surface area contributed by atoms with Crippen molar-refractivity contribution < 1.29 is 0 Å². The SMILES string of the molecule is CCc1nc(N)nc(-c2ccc(C)cc2)n1. The number of nitrogens with two attached hydrogens (primary N) is 1. The first-order valence-corrected chi connectivity index (χ1v) is 5.26. The van der Waals surface area contributed by atoms with Gasteiger partial charge in [-0.05, 0) is 6.92 Å². The van der Waals surface area contributed by atoms with E-state index in [9.17, 15) is 0 Å². The molecule has 1 aromatic heterocycles. The summed E-state index contributed by atoms with van der Waals surface area (Å²) < 4.78 is 0. The molecule has 82 valence electrons. The van der Waals surface area contributed by atoms with E-state index in [4.69, 9.17) is 5.73 Å². The molecule has 0 aliphatic rings. The molecule has 0 saturated heterocycles. The van der Waals surface area contributed by atoms with Gasteiger partial charge in [-0.1, -0.05) is 36.8 Å². The third-order valence-corrected chi connectivity index (χ3v) is 2.33. The van der Waals surface area contributed by atoms with Gasteiger partial charge in [0.2, 0.25) is 5.95 Å². The van der Waals surface area contributed by atoms with Crippen LogP contribution >= 0.6 is 0 Å². The Hall–Kier alpha value is -1.97. The van der Waals surface area contributed by atoms with E-state index in [-0.39, 0.29) is 5.95 Å². The summed E-state index contributed by atoms with van der Waals surface area (Å²) in [4.78, 5) is 12.5. The van der Waals surface area contributed by atoms with Crippen molar-refractivity contribution in [1.29, 1.82) is 0 Å². The van der Waals surface area contributed by atoms with E-state index < -0.39 is 0 Å². The highest BCUT2D eigenvalue weighted by atomic mass is 15.1. The minimum absolute atomic E-state index is 0.280. The smallest absolute Gasteiger partial charge is 0.223 e. The Morgan fingerprint density at radius 2 is 1.75 bits per heavy atom. The molecule has 2 N–H and O–H groups in total. The second-order valence-electron chi connectivity index (χ2n) is 3.65. The summed E-state index contributed by atoms with van der Waals surface area (Å²) in [5.41, 5.74) is 7.82. The van der Waals surface area contributed by atoms with Gasteiger partial charge >= 0.3 is 0 Å². The van der Waals surface area contributed by atoms with Crippen molar-refractivity contribution in [1.82, 2.24) is 15.0 Å². The first-order chi connectivity index (χ1) is 7.69. The predicted octanol–water partition coefficient (Wildman–Crippen LogP) is 1.99. The van der Waals surface area contributed by atoms with Gasteiger partial charge in [-0.15, -0.1) is 0 Å². The van der Waals surface area contributed by atoms with Crippen molar-refractivity contribution in [3.8, 4) is 11.4 Å². The van der Waals surface area contributed by atoms with Gasteiger partial charge in [0.05, 0.1) is 0 Å². The third-order valence-electron chi connectivity index (χ3n) is 2.33. The lowest BCUT2D eigenvalue weighted by molar-refractivity contribution is 0.913. The standard InChI is InChI=1S/C12H14N4/c1-3-10-14-11(16-12(13)15-10)9-6-4-8(2)5-7-9/h4-7H,3H2,1-2H3,(H2,13,14,15,16). The van der Waals surface area contributed by atoms with E-state index >= 15 is 0 Å². The van der Waals surface area contributed by atoms with Crippen molar-refractivity contribution in [2.75, 3.05) is 5.73 Å². The Morgan fingerprint density at radius 1 is 1.06 bits per heavy atom. The highest BCUT2D eigenvalue weighted by Crippen LogP contribution is 2.16. The molecule has 4 nitrogen and oxygen atoms in total. The van der Waals surface area contributed by atoms with Gasteiger partial charge in [0.15, 0.2) is 5.82 Å². The quantitative estimate of drug-likeness (QED) is 0.830. The maximum atomic E-state index is 5.64. The maximum Gasteiger partial charge on any atom is 0.223 e.